The first-order valence-corrected chi connectivity index (χ1v) is 5.82. The molecule has 0 aromatic carbocycles. The Kier molecular flexibility index (Phi) is 4.35. The van der Waals surface area contributed by atoms with Crippen LogP contribution in [0.3, 0.4) is 0 Å². The maximum atomic E-state index is 5.83. The van der Waals surface area contributed by atoms with Gasteiger partial charge in [0.05, 0.1) is 12.7 Å². The van der Waals surface area contributed by atoms with Crippen molar-refractivity contribution in [2.75, 3.05) is 6.61 Å². The van der Waals surface area contributed by atoms with E-state index in [1.807, 2.05) is 0 Å². The van der Waals surface area contributed by atoms with Gasteiger partial charge in [0, 0.05) is 5.41 Å². The Morgan fingerprint density at radius 2 is 2.07 bits per heavy atom. The first kappa shape index (κ1) is 12.7. The van der Waals surface area contributed by atoms with Crippen LogP contribution in [0.1, 0.15) is 47.5 Å². The maximum Gasteiger partial charge on any atom is 0.163 e. The predicted octanol–water partition coefficient (Wildman–Crippen LogP) is 3.52. The van der Waals surface area contributed by atoms with Crippen LogP contribution in [0.15, 0.2) is 11.6 Å². The average Bonchev–Trinajstić information content (AvgIpc) is 2.15. The molecule has 1 saturated heterocycles. The predicted molar refractivity (Wildman–Crippen MR) is 62.7 cm³/mol. The lowest BCUT2D eigenvalue weighted by atomic mass is 9.87. The third kappa shape index (κ3) is 3.96. The van der Waals surface area contributed by atoms with Crippen LogP contribution in [-0.4, -0.2) is 19.0 Å². The SMILES string of the molecule is CC(C)=CCC(C)(C)[C@H]1OCC[C@@H](C)O1. The van der Waals surface area contributed by atoms with Gasteiger partial charge in [0.2, 0.25) is 0 Å². The van der Waals surface area contributed by atoms with Gasteiger partial charge in [-0.3, -0.25) is 0 Å². The molecule has 0 N–H and O–H groups in total. The lowest BCUT2D eigenvalue weighted by Crippen LogP contribution is -2.41. The second-order valence-electron chi connectivity index (χ2n) is 5.41. The van der Waals surface area contributed by atoms with Crippen molar-refractivity contribution >= 4 is 0 Å². The van der Waals surface area contributed by atoms with Gasteiger partial charge in [-0.1, -0.05) is 25.5 Å². The molecule has 2 nitrogen and oxygen atoms in total. The summed E-state index contributed by atoms with van der Waals surface area (Å²) in [6.07, 6.45) is 4.54. The molecule has 1 fully saturated rings. The number of ether oxygens (including phenoxy) is 2. The van der Waals surface area contributed by atoms with Crippen LogP contribution in [-0.2, 0) is 9.47 Å². The highest BCUT2D eigenvalue weighted by molar-refractivity contribution is 4.97. The third-order valence-corrected chi connectivity index (χ3v) is 2.82. The molecule has 2 atom stereocenters. The standard InChI is InChI=1S/C13H24O2/c1-10(2)6-8-13(4,5)12-14-9-7-11(3)15-12/h6,11-12H,7-9H2,1-5H3/t11-,12+/m1/s1. The number of hydrogen-bond acceptors (Lipinski definition) is 2. The second kappa shape index (κ2) is 5.13. The molecule has 0 bridgehead atoms. The molecule has 0 aromatic heterocycles. The van der Waals surface area contributed by atoms with Gasteiger partial charge in [-0.2, -0.15) is 0 Å². The van der Waals surface area contributed by atoms with E-state index in [1.54, 1.807) is 0 Å². The Hall–Kier alpha value is -0.340. The van der Waals surface area contributed by atoms with Crippen LogP contribution in [0.25, 0.3) is 0 Å². The largest absolute Gasteiger partial charge is 0.352 e. The molecule has 0 amide bonds. The van der Waals surface area contributed by atoms with Gasteiger partial charge < -0.3 is 9.47 Å². The fourth-order valence-corrected chi connectivity index (χ4v) is 1.63. The summed E-state index contributed by atoms with van der Waals surface area (Å²) < 4.78 is 11.5. The van der Waals surface area contributed by atoms with Crippen LogP contribution >= 0.6 is 0 Å². The Morgan fingerprint density at radius 1 is 1.40 bits per heavy atom. The van der Waals surface area contributed by atoms with Crippen molar-refractivity contribution in [3.8, 4) is 0 Å². The normalized spacial score (nSPS) is 27.5. The van der Waals surface area contributed by atoms with Gasteiger partial charge in [0.1, 0.15) is 0 Å². The van der Waals surface area contributed by atoms with E-state index >= 15 is 0 Å². The van der Waals surface area contributed by atoms with E-state index in [2.05, 4.69) is 40.7 Å². The van der Waals surface area contributed by atoms with E-state index in [1.165, 1.54) is 5.57 Å². The minimum Gasteiger partial charge on any atom is -0.352 e. The zero-order chi connectivity index (χ0) is 11.5. The molecule has 0 radical (unpaired) electrons. The Balaban J connectivity index is 2.55. The summed E-state index contributed by atoms with van der Waals surface area (Å²) in [7, 11) is 0. The third-order valence-electron chi connectivity index (χ3n) is 2.82. The van der Waals surface area contributed by atoms with Crippen LogP contribution in [0.5, 0.6) is 0 Å². The van der Waals surface area contributed by atoms with Crippen LogP contribution < -0.4 is 0 Å². The molecule has 88 valence electrons. The highest BCUT2D eigenvalue weighted by Gasteiger charge is 2.33. The van der Waals surface area contributed by atoms with Crippen LogP contribution in [0, 0.1) is 5.41 Å². The molecule has 1 aliphatic rings. The fourth-order valence-electron chi connectivity index (χ4n) is 1.63. The lowest BCUT2D eigenvalue weighted by molar-refractivity contribution is -0.251. The molecule has 1 aliphatic heterocycles. The van der Waals surface area contributed by atoms with E-state index in [-0.39, 0.29) is 11.7 Å². The molecule has 0 unspecified atom stereocenters. The van der Waals surface area contributed by atoms with Crippen LogP contribution in [0.2, 0.25) is 0 Å². The minimum atomic E-state index is -0.0585. The summed E-state index contributed by atoms with van der Waals surface area (Å²) in [6, 6.07) is 0. The Bertz CT molecular complexity index is 227. The van der Waals surface area contributed by atoms with Crippen molar-refractivity contribution in [2.24, 2.45) is 5.41 Å². The summed E-state index contributed by atoms with van der Waals surface area (Å²) in [5, 5.41) is 0. The summed E-state index contributed by atoms with van der Waals surface area (Å²) in [5.41, 5.74) is 1.42. The molecule has 2 heteroatoms. The molecule has 1 rings (SSSR count). The quantitative estimate of drug-likeness (QED) is 0.666. The highest BCUT2D eigenvalue weighted by Crippen LogP contribution is 2.32. The minimum absolute atomic E-state index is 0.0585. The number of hydrogen-bond donors (Lipinski definition) is 0. The fraction of sp³-hybridized carbons (Fsp3) is 0.846. The smallest absolute Gasteiger partial charge is 0.163 e. The van der Waals surface area contributed by atoms with Crippen molar-refractivity contribution < 1.29 is 9.47 Å². The molecule has 0 aliphatic carbocycles. The van der Waals surface area contributed by atoms with Gasteiger partial charge in [0.15, 0.2) is 6.29 Å². The summed E-state index contributed by atoms with van der Waals surface area (Å²) in [6.45, 7) is 11.6. The van der Waals surface area contributed by atoms with Gasteiger partial charge in [-0.25, -0.2) is 0 Å². The van der Waals surface area contributed by atoms with Gasteiger partial charge in [0.25, 0.3) is 0 Å². The summed E-state index contributed by atoms with van der Waals surface area (Å²) in [5.74, 6) is 0. The highest BCUT2D eigenvalue weighted by atomic mass is 16.7. The molecule has 0 spiro atoms. The second-order valence-corrected chi connectivity index (χ2v) is 5.41. The van der Waals surface area contributed by atoms with E-state index in [0.717, 1.165) is 19.4 Å². The van der Waals surface area contributed by atoms with E-state index in [0.29, 0.717) is 6.10 Å². The Morgan fingerprint density at radius 3 is 2.60 bits per heavy atom. The number of rotatable bonds is 3. The first-order valence-electron chi connectivity index (χ1n) is 5.82. The van der Waals surface area contributed by atoms with Crippen molar-refractivity contribution in [3.63, 3.8) is 0 Å². The van der Waals surface area contributed by atoms with Crippen molar-refractivity contribution in [1.82, 2.24) is 0 Å². The monoisotopic (exact) mass is 212 g/mol. The van der Waals surface area contributed by atoms with E-state index < -0.39 is 0 Å². The van der Waals surface area contributed by atoms with Crippen LogP contribution in [0.4, 0.5) is 0 Å². The van der Waals surface area contributed by atoms with Crippen molar-refractivity contribution in [2.45, 2.75) is 59.9 Å². The van der Waals surface area contributed by atoms with E-state index in [9.17, 15) is 0 Å². The molecule has 0 saturated carbocycles. The zero-order valence-corrected chi connectivity index (χ0v) is 10.7. The molecule has 1 heterocycles. The molecule has 0 aromatic rings. The molecular weight excluding hydrogens is 188 g/mol. The van der Waals surface area contributed by atoms with Crippen molar-refractivity contribution in [3.05, 3.63) is 11.6 Å². The zero-order valence-electron chi connectivity index (χ0n) is 10.7. The molecular formula is C13H24O2. The average molecular weight is 212 g/mol. The maximum absolute atomic E-state index is 5.83. The summed E-state index contributed by atoms with van der Waals surface area (Å²) >= 11 is 0. The molecule has 15 heavy (non-hydrogen) atoms. The van der Waals surface area contributed by atoms with Gasteiger partial charge in [-0.15, -0.1) is 0 Å². The van der Waals surface area contributed by atoms with Gasteiger partial charge >= 0.3 is 0 Å². The van der Waals surface area contributed by atoms with Gasteiger partial charge in [-0.05, 0) is 33.6 Å². The summed E-state index contributed by atoms with van der Waals surface area (Å²) in [4.78, 5) is 0. The Labute approximate surface area is 93.7 Å². The van der Waals surface area contributed by atoms with Crippen molar-refractivity contribution in [1.29, 1.82) is 0 Å². The number of allylic oxidation sites excluding steroid dienone is 2. The lowest BCUT2D eigenvalue weighted by Gasteiger charge is -2.38. The first-order chi connectivity index (χ1) is 6.92. The topological polar surface area (TPSA) is 18.5 Å². The van der Waals surface area contributed by atoms with E-state index in [4.69, 9.17) is 9.47 Å².